The minimum Gasteiger partial charge on any atom is -0.379 e. The highest BCUT2D eigenvalue weighted by Crippen LogP contribution is 1.77. The van der Waals surface area contributed by atoms with Crippen LogP contribution in [0.5, 0.6) is 0 Å². The maximum absolute atomic E-state index is 5.06. The van der Waals surface area contributed by atoms with Gasteiger partial charge in [0, 0.05) is 6.54 Å². The number of hydrogen-bond acceptors (Lipinski definition) is 3. The molecular weight excluding hydrogens is 110 g/mol. The predicted octanol–water partition coefficient (Wildman–Crippen LogP) is -2.28. The van der Waals surface area contributed by atoms with Crippen molar-refractivity contribution in [2.24, 2.45) is 0 Å². The Morgan fingerprint density at radius 2 is 2.11 bits per heavy atom. The lowest BCUT2D eigenvalue weighted by Gasteiger charge is -2.22. The molecule has 41 valence electrons. The highest BCUT2D eigenvalue weighted by atomic mass is 15.1. The fourth-order valence-corrected chi connectivity index (χ4v) is 0.548. The zero-order chi connectivity index (χ0) is 6.53. The summed E-state index contributed by atoms with van der Waals surface area (Å²) in [6, 6.07) is 0. The van der Waals surface area contributed by atoms with E-state index >= 15 is 0 Å². The van der Waals surface area contributed by atoms with Crippen molar-refractivity contribution in [3.8, 4) is 12.3 Å². The van der Waals surface area contributed by atoms with Gasteiger partial charge in [0.1, 0.15) is 0 Å². The Balaban J connectivity index is 2.17. The second-order valence-corrected chi connectivity index (χ2v) is 1.61. The van der Waals surface area contributed by atoms with Gasteiger partial charge in [-0.3, -0.25) is 0 Å². The van der Waals surface area contributed by atoms with E-state index in [0.717, 1.165) is 0 Å². The van der Waals surface area contributed by atoms with Crippen molar-refractivity contribution in [2.75, 3.05) is 6.54 Å². The molecule has 1 heterocycles. The van der Waals surface area contributed by atoms with Gasteiger partial charge < -0.3 is 15.0 Å². The van der Waals surface area contributed by atoms with E-state index in [-0.39, 0.29) is 0 Å². The zero-order valence-corrected chi connectivity index (χ0v) is 4.96. The van der Waals surface area contributed by atoms with E-state index in [1.54, 1.807) is 22.6 Å². The van der Waals surface area contributed by atoms with Crippen LogP contribution >= 0.6 is 0 Å². The molecule has 1 fully saturated rings. The Morgan fingerprint density at radius 1 is 1.44 bits per heavy atom. The molecule has 1 rings (SSSR count). The molecule has 1 aliphatic heterocycles. The van der Waals surface area contributed by atoms with E-state index < -0.39 is 0 Å². The monoisotopic (exact) mass is 116 g/mol. The largest absolute Gasteiger partial charge is 0.379 e. The molecule has 1 aliphatic rings. The summed E-state index contributed by atoms with van der Waals surface area (Å²) >= 11 is 0. The molecule has 0 aromatic heterocycles. The summed E-state index contributed by atoms with van der Waals surface area (Å²) in [6.07, 6.45) is 5.06. The molecule has 0 bridgehead atoms. The van der Waals surface area contributed by atoms with Gasteiger partial charge in [0.2, 0.25) is 0 Å². The van der Waals surface area contributed by atoms with Crippen LogP contribution in [0.3, 0.4) is 0 Å². The van der Waals surface area contributed by atoms with E-state index in [1.807, 2.05) is 4.72 Å². The molecule has 3 nitrogen and oxygen atoms in total. The molecule has 1 saturated heterocycles. The van der Waals surface area contributed by atoms with Crippen molar-refractivity contribution in [1.82, 2.24) is 15.0 Å². The van der Waals surface area contributed by atoms with E-state index in [9.17, 15) is 0 Å². The standard InChI is InChI=1S/C3H5B3N3/c1-2-3-9-5-7-4-8-6-9/h1,7-8H,3H2. The Bertz CT molecular complexity index is 116. The normalized spacial score (nSPS) is 18.6. The van der Waals surface area contributed by atoms with Crippen molar-refractivity contribution in [3.05, 3.63) is 0 Å². The van der Waals surface area contributed by atoms with Crippen molar-refractivity contribution < 1.29 is 0 Å². The van der Waals surface area contributed by atoms with E-state index in [0.29, 0.717) is 6.54 Å². The maximum atomic E-state index is 5.06. The van der Waals surface area contributed by atoms with Crippen molar-refractivity contribution in [2.45, 2.75) is 0 Å². The molecule has 2 N–H and O–H groups in total. The van der Waals surface area contributed by atoms with Gasteiger partial charge >= 0.3 is 0 Å². The Morgan fingerprint density at radius 3 is 2.67 bits per heavy atom. The lowest BCUT2D eigenvalue weighted by Crippen LogP contribution is -2.57. The van der Waals surface area contributed by atoms with Crippen LogP contribution in [0.25, 0.3) is 0 Å². The van der Waals surface area contributed by atoms with E-state index in [1.165, 1.54) is 0 Å². The maximum Gasteiger partial charge on any atom is 0.287 e. The molecule has 0 atom stereocenters. The first-order valence-corrected chi connectivity index (χ1v) is 2.63. The van der Waals surface area contributed by atoms with Gasteiger partial charge in [-0.15, -0.1) is 6.42 Å². The first-order valence-electron chi connectivity index (χ1n) is 2.63. The third kappa shape index (κ3) is 2.14. The van der Waals surface area contributed by atoms with Crippen molar-refractivity contribution in [3.63, 3.8) is 0 Å². The average Bonchev–Trinajstić information content (AvgIpc) is 1.91. The average molecular weight is 116 g/mol. The molecule has 0 aromatic carbocycles. The summed E-state index contributed by atoms with van der Waals surface area (Å²) in [5.74, 6) is 2.51. The Kier molecular flexibility index (Phi) is 2.72. The summed E-state index contributed by atoms with van der Waals surface area (Å²) in [5.41, 5.74) is 0. The van der Waals surface area contributed by atoms with Crippen LogP contribution in [-0.2, 0) is 0 Å². The fraction of sp³-hybridized carbons (Fsp3) is 0.333. The molecule has 0 spiro atoms. The molecule has 0 aliphatic carbocycles. The molecule has 6 heteroatoms. The number of nitrogens with one attached hydrogen (secondary N) is 2. The lowest BCUT2D eigenvalue weighted by atomic mass is 9.81. The zero-order valence-electron chi connectivity index (χ0n) is 4.96. The second-order valence-electron chi connectivity index (χ2n) is 1.61. The van der Waals surface area contributed by atoms with Gasteiger partial charge in [0.15, 0.2) is 0 Å². The smallest absolute Gasteiger partial charge is 0.287 e. The van der Waals surface area contributed by atoms with Crippen LogP contribution < -0.4 is 10.3 Å². The van der Waals surface area contributed by atoms with Crippen molar-refractivity contribution in [1.29, 1.82) is 0 Å². The summed E-state index contributed by atoms with van der Waals surface area (Å²) in [7, 11) is 5.29. The highest BCUT2D eigenvalue weighted by molar-refractivity contribution is 6.65. The fourth-order valence-electron chi connectivity index (χ4n) is 0.548. The van der Waals surface area contributed by atoms with Crippen LogP contribution in [0.4, 0.5) is 0 Å². The number of terminal acetylenes is 1. The lowest BCUT2D eigenvalue weighted by molar-refractivity contribution is 0.748. The number of rotatable bonds is 1. The summed E-state index contributed by atoms with van der Waals surface area (Å²) in [5, 5.41) is 5.72. The number of hydrogen-bond donors (Lipinski definition) is 2. The summed E-state index contributed by atoms with van der Waals surface area (Å²) < 4.78 is 1.83. The summed E-state index contributed by atoms with van der Waals surface area (Å²) in [6.45, 7) is 0.591. The predicted molar refractivity (Wildman–Crippen MR) is 39.1 cm³/mol. The van der Waals surface area contributed by atoms with Crippen LogP contribution in [-0.4, -0.2) is 33.9 Å². The van der Waals surface area contributed by atoms with E-state index in [4.69, 9.17) is 6.42 Å². The molecular formula is C3H5B3N3. The van der Waals surface area contributed by atoms with Gasteiger partial charge in [-0.25, -0.2) is 0 Å². The van der Waals surface area contributed by atoms with Gasteiger partial charge in [-0.05, 0) is 0 Å². The van der Waals surface area contributed by atoms with Gasteiger partial charge in [-0.1, -0.05) is 5.92 Å². The van der Waals surface area contributed by atoms with Gasteiger partial charge in [0.25, 0.3) is 22.6 Å². The third-order valence-electron chi connectivity index (χ3n) is 0.921. The highest BCUT2D eigenvalue weighted by Gasteiger charge is 2.11. The Labute approximate surface area is 57.4 Å². The second kappa shape index (κ2) is 3.62. The molecule has 0 aromatic rings. The minimum absolute atomic E-state index is 0.591. The quantitative estimate of drug-likeness (QED) is 0.298. The topological polar surface area (TPSA) is 27.3 Å². The van der Waals surface area contributed by atoms with Crippen molar-refractivity contribution >= 4 is 22.6 Å². The van der Waals surface area contributed by atoms with Gasteiger partial charge in [0.05, 0.1) is 0 Å². The SMILES string of the molecule is C#CCN1[B]N[B]N[B]1. The van der Waals surface area contributed by atoms with Crippen LogP contribution in [0.15, 0.2) is 0 Å². The molecule has 0 unspecified atom stereocenters. The number of nitrogens with zero attached hydrogens (tertiary/aromatic N) is 1. The third-order valence-corrected chi connectivity index (χ3v) is 0.921. The van der Waals surface area contributed by atoms with E-state index in [2.05, 4.69) is 16.2 Å². The minimum atomic E-state index is 0.591. The molecule has 0 amide bonds. The first-order chi connectivity index (χ1) is 4.43. The van der Waals surface area contributed by atoms with Crippen LogP contribution in [0.1, 0.15) is 0 Å². The molecule has 3 radical (unpaired) electrons. The molecule has 9 heavy (non-hydrogen) atoms. The Hall–Kier alpha value is -0.365. The first kappa shape index (κ1) is 6.75. The summed E-state index contributed by atoms with van der Waals surface area (Å²) in [4.78, 5) is 0. The van der Waals surface area contributed by atoms with Crippen LogP contribution in [0, 0.1) is 12.3 Å². The van der Waals surface area contributed by atoms with Crippen LogP contribution in [0.2, 0.25) is 0 Å². The van der Waals surface area contributed by atoms with Gasteiger partial charge in [-0.2, -0.15) is 0 Å². The molecule has 0 saturated carbocycles.